The number of aliphatic hydroxyl groups excluding tert-OH is 7. The largest absolute Gasteiger partial charge is 0.469 e. The van der Waals surface area contributed by atoms with Gasteiger partial charge in [0.1, 0.15) is 23.1 Å². The summed E-state index contributed by atoms with van der Waals surface area (Å²) in [6.45, 7) is 5.16. The van der Waals surface area contributed by atoms with Gasteiger partial charge >= 0.3 is 7.82 Å². The van der Waals surface area contributed by atoms with Crippen molar-refractivity contribution in [2.24, 2.45) is 11.5 Å². The number of sulfone groups is 1. The molecule has 3 aromatic carbocycles. The van der Waals surface area contributed by atoms with Crippen molar-refractivity contribution in [3.8, 4) is 16.8 Å². The minimum Gasteiger partial charge on any atom is -0.397 e. The molecule has 4 aromatic rings. The SMILES string of the molecule is CC(C)(O)c1cn(-c2ccc(-c3cc(F)c(COP(=O)(O)O)c(S(C)(=O)=O)c3)cc2F)c(C(C)(C)c2c(Cl)cccc2Cl)n1.CCO.NC(CO)(CO)CO.NC(CO)(CO)CO. The zero-order valence-corrected chi connectivity index (χ0v) is 38.6. The van der Waals surface area contributed by atoms with Crippen molar-refractivity contribution >= 4 is 40.9 Å². The van der Waals surface area contributed by atoms with Gasteiger partial charge in [-0.15, -0.1) is 0 Å². The fourth-order valence-electron chi connectivity index (χ4n) is 5.09. The third kappa shape index (κ3) is 16.4. The summed E-state index contributed by atoms with van der Waals surface area (Å²) in [5, 5.41) is 69.1. The second-order valence-corrected chi connectivity index (χ2v) is 19.3. The van der Waals surface area contributed by atoms with Crippen molar-refractivity contribution in [3.05, 3.63) is 99.1 Å². The van der Waals surface area contributed by atoms with Gasteiger partial charge in [-0.1, -0.05) is 35.3 Å². The molecule has 0 saturated heterocycles. The van der Waals surface area contributed by atoms with Crippen LogP contribution >= 0.6 is 31.0 Å². The molecule has 24 heteroatoms. The Morgan fingerprint density at radius 2 is 1.24 bits per heavy atom. The first-order valence-electron chi connectivity index (χ1n) is 18.5. The maximum absolute atomic E-state index is 15.9. The molecule has 18 nitrogen and oxygen atoms in total. The lowest BCUT2D eigenvalue weighted by Crippen LogP contribution is -2.50. The van der Waals surface area contributed by atoms with Gasteiger partial charge in [-0.25, -0.2) is 26.7 Å². The number of aromatic nitrogens is 2. The summed E-state index contributed by atoms with van der Waals surface area (Å²) in [6, 6.07) is 10.9. The van der Waals surface area contributed by atoms with Gasteiger partial charge in [0.25, 0.3) is 0 Å². The van der Waals surface area contributed by atoms with E-state index in [0.717, 1.165) is 24.5 Å². The number of imidazole rings is 1. The van der Waals surface area contributed by atoms with Crippen molar-refractivity contribution in [2.75, 3.05) is 52.5 Å². The zero-order chi connectivity index (χ0) is 48.9. The lowest BCUT2D eigenvalue weighted by Gasteiger charge is -2.28. The maximum atomic E-state index is 15.9. The van der Waals surface area contributed by atoms with Gasteiger partial charge in [-0.2, -0.15) is 0 Å². The number of benzene rings is 3. The van der Waals surface area contributed by atoms with Crippen LogP contribution in [0.1, 0.15) is 57.3 Å². The summed E-state index contributed by atoms with van der Waals surface area (Å²) in [6.07, 6.45) is 2.28. The first-order chi connectivity index (χ1) is 28.9. The predicted octanol–water partition coefficient (Wildman–Crippen LogP) is 2.01. The third-order valence-corrected chi connectivity index (χ3v) is 11.1. The van der Waals surface area contributed by atoms with E-state index in [9.17, 15) is 18.1 Å². The Kier molecular flexibility index (Phi) is 22.0. The lowest BCUT2D eigenvalue weighted by atomic mass is 9.83. The van der Waals surface area contributed by atoms with E-state index in [1.165, 1.54) is 36.7 Å². The highest BCUT2D eigenvalue weighted by molar-refractivity contribution is 7.90. The predicted molar refractivity (Wildman–Crippen MR) is 232 cm³/mol. The first-order valence-corrected chi connectivity index (χ1v) is 22.7. The minimum atomic E-state index is -5.03. The molecule has 0 spiro atoms. The van der Waals surface area contributed by atoms with Crippen molar-refractivity contribution in [2.45, 2.75) is 68.2 Å². The zero-order valence-electron chi connectivity index (χ0n) is 35.4. The molecule has 1 heterocycles. The van der Waals surface area contributed by atoms with Crippen molar-refractivity contribution < 1.29 is 76.9 Å². The molecule has 0 atom stereocenters. The number of phosphoric acid groups is 1. The van der Waals surface area contributed by atoms with Crippen LogP contribution in [0, 0.1) is 11.6 Å². The Balaban J connectivity index is 0.000000870. The van der Waals surface area contributed by atoms with Gasteiger partial charge < -0.3 is 62.1 Å². The van der Waals surface area contributed by atoms with E-state index >= 15 is 8.78 Å². The number of rotatable bonds is 15. The van der Waals surface area contributed by atoms with E-state index in [0.29, 0.717) is 21.4 Å². The summed E-state index contributed by atoms with van der Waals surface area (Å²) in [7, 11) is -9.14. The topological polar surface area (TPSA) is 333 Å². The highest BCUT2D eigenvalue weighted by atomic mass is 35.5. The van der Waals surface area contributed by atoms with E-state index in [1.54, 1.807) is 39.0 Å². The molecule has 0 fully saturated rings. The van der Waals surface area contributed by atoms with Gasteiger partial charge in [0.15, 0.2) is 9.84 Å². The molecule has 0 saturated carbocycles. The normalized spacial score (nSPS) is 12.4. The summed E-state index contributed by atoms with van der Waals surface area (Å²) in [5.74, 6) is -1.61. The Morgan fingerprint density at radius 1 is 0.794 bits per heavy atom. The number of nitrogens with zero attached hydrogens (tertiary/aromatic N) is 2. The van der Waals surface area contributed by atoms with Gasteiger partial charge in [0, 0.05) is 40.2 Å². The van der Waals surface area contributed by atoms with Crippen LogP contribution < -0.4 is 11.5 Å². The first kappa shape index (κ1) is 58.0. The van der Waals surface area contributed by atoms with Crippen LogP contribution in [0.3, 0.4) is 0 Å². The average Bonchev–Trinajstić information content (AvgIpc) is 3.67. The van der Waals surface area contributed by atoms with Gasteiger partial charge in [-0.3, -0.25) is 9.09 Å². The number of hydrogen-bond acceptors (Lipinski definition) is 15. The number of phosphoric ester groups is 1. The van der Waals surface area contributed by atoms with Gasteiger partial charge in [-0.05, 0) is 82.1 Å². The standard InChI is InChI=1S/C29H29Cl2F2N2O7PS.2C4H11NO3.C2H6O/c1-28(2,26-19(30)7-6-8-20(26)31)27-34-25(29(3,4)36)14-35(27)23-10-9-16(11-22(23)33)17-12-21(32)18(15-42-43(37,38)39)24(13-17)44(5,40)41;2*5-4(1-6,2-7)3-8;1-2-3/h6-14,36H,15H2,1-5H3,(H2,37,38,39);2*6-8H,1-3,5H2;3H,2H2,1H3. The molecule has 63 heavy (non-hydrogen) atoms. The second-order valence-electron chi connectivity index (χ2n) is 15.2. The molecular formula is C39H57Cl2F2N4O14PS. The van der Waals surface area contributed by atoms with Crippen molar-refractivity contribution in [1.82, 2.24) is 9.55 Å². The molecule has 0 amide bonds. The number of halogens is 4. The van der Waals surface area contributed by atoms with Gasteiger partial charge in [0.05, 0.1) is 79.0 Å². The molecule has 14 N–H and O–H groups in total. The van der Waals surface area contributed by atoms with E-state index in [2.05, 4.69) is 9.51 Å². The van der Waals surface area contributed by atoms with Gasteiger partial charge in [0.2, 0.25) is 0 Å². The van der Waals surface area contributed by atoms with Crippen LogP contribution in [0.25, 0.3) is 16.8 Å². The van der Waals surface area contributed by atoms with E-state index < -0.39 is 108 Å². The van der Waals surface area contributed by atoms with E-state index in [-0.39, 0.29) is 29.1 Å². The Labute approximate surface area is 374 Å². The Bertz CT molecular complexity index is 2210. The van der Waals surface area contributed by atoms with Crippen LogP contribution in [-0.2, 0) is 36.5 Å². The maximum Gasteiger partial charge on any atom is 0.469 e. The fourth-order valence-corrected chi connectivity index (χ4v) is 7.20. The average molecular weight is 978 g/mol. The summed E-state index contributed by atoms with van der Waals surface area (Å²) >= 11 is 13.0. The van der Waals surface area contributed by atoms with Crippen LogP contribution in [0.4, 0.5) is 8.78 Å². The molecule has 0 bridgehead atoms. The number of hydrogen-bond donors (Lipinski definition) is 12. The van der Waals surface area contributed by atoms with Crippen LogP contribution in [-0.4, -0.2) is 132 Å². The Morgan fingerprint density at radius 3 is 1.60 bits per heavy atom. The van der Waals surface area contributed by atoms with Crippen LogP contribution in [0.5, 0.6) is 0 Å². The third-order valence-electron chi connectivity index (χ3n) is 8.84. The Hall–Kier alpha value is -3.03. The summed E-state index contributed by atoms with van der Waals surface area (Å²) < 4.78 is 72.9. The summed E-state index contributed by atoms with van der Waals surface area (Å²) in [4.78, 5) is 22.1. The van der Waals surface area contributed by atoms with Crippen molar-refractivity contribution in [1.29, 1.82) is 0 Å². The fraction of sp³-hybridized carbons (Fsp3) is 0.462. The van der Waals surface area contributed by atoms with Crippen LogP contribution in [0.15, 0.2) is 59.6 Å². The minimum absolute atomic E-state index is 0.0125. The molecule has 0 radical (unpaired) electrons. The quantitative estimate of drug-likeness (QED) is 0.0758. The second kappa shape index (κ2) is 23.9. The molecule has 0 unspecified atom stereocenters. The smallest absolute Gasteiger partial charge is 0.397 e. The molecule has 0 aliphatic carbocycles. The highest BCUT2D eigenvalue weighted by Gasteiger charge is 2.36. The molecule has 0 aliphatic rings. The molecular weight excluding hydrogens is 920 g/mol. The van der Waals surface area contributed by atoms with E-state index in [1.807, 2.05) is 0 Å². The van der Waals surface area contributed by atoms with Crippen molar-refractivity contribution in [3.63, 3.8) is 0 Å². The monoisotopic (exact) mass is 976 g/mol. The number of aliphatic hydroxyl groups is 8. The molecule has 0 aliphatic heterocycles. The van der Waals surface area contributed by atoms with Crippen LogP contribution in [0.2, 0.25) is 10.0 Å². The van der Waals surface area contributed by atoms with E-state index in [4.69, 9.17) is 80.2 Å². The number of nitrogens with two attached hydrogens (primary N) is 2. The highest BCUT2D eigenvalue weighted by Crippen LogP contribution is 2.42. The molecule has 1 aromatic heterocycles. The molecule has 4 rings (SSSR count). The lowest BCUT2D eigenvalue weighted by molar-refractivity contribution is 0.0695. The summed E-state index contributed by atoms with van der Waals surface area (Å²) in [5.41, 5.74) is 5.76. The molecule has 356 valence electrons.